The first-order valence-corrected chi connectivity index (χ1v) is 8.64. The van der Waals surface area contributed by atoms with Gasteiger partial charge < -0.3 is 9.15 Å². The van der Waals surface area contributed by atoms with Gasteiger partial charge in [-0.15, -0.1) is 0 Å². The van der Waals surface area contributed by atoms with E-state index in [1.807, 2.05) is 0 Å². The lowest BCUT2D eigenvalue weighted by atomic mass is 10.2. The van der Waals surface area contributed by atoms with Gasteiger partial charge in [0.2, 0.25) is 10.5 Å². The molecule has 0 aliphatic rings. The Labute approximate surface area is 155 Å². The summed E-state index contributed by atoms with van der Waals surface area (Å²) >= 11 is 5.21. The molecule has 0 spiro atoms. The molecular formula is C18H18N4O3S. The minimum atomic E-state index is -0.540. The number of H-pyrrole nitrogens is 1. The summed E-state index contributed by atoms with van der Waals surface area (Å²) in [5.41, 5.74) is 0.840. The van der Waals surface area contributed by atoms with Gasteiger partial charge in [0.1, 0.15) is 5.75 Å². The third kappa shape index (κ3) is 4.34. The zero-order valence-electron chi connectivity index (χ0n) is 14.2. The van der Waals surface area contributed by atoms with Crippen LogP contribution in [0.3, 0.4) is 0 Å². The number of hydrogen-bond donors (Lipinski definition) is 1. The van der Waals surface area contributed by atoms with E-state index in [1.165, 1.54) is 6.26 Å². The fraction of sp³-hybridized carbons (Fsp3) is 0.222. The van der Waals surface area contributed by atoms with E-state index in [1.54, 1.807) is 47.3 Å². The molecule has 8 heteroatoms. The van der Waals surface area contributed by atoms with E-state index in [-0.39, 0.29) is 5.76 Å². The molecule has 0 aliphatic carbocycles. The Morgan fingerprint density at radius 3 is 2.88 bits per heavy atom. The van der Waals surface area contributed by atoms with Crippen LogP contribution in [0.25, 0.3) is 0 Å². The lowest BCUT2D eigenvalue weighted by molar-refractivity contribution is 0.0701. The van der Waals surface area contributed by atoms with Crippen molar-refractivity contribution in [3.05, 3.63) is 64.6 Å². The van der Waals surface area contributed by atoms with Crippen LogP contribution in [0.5, 0.6) is 5.75 Å². The van der Waals surface area contributed by atoms with Gasteiger partial charge >= 0.3 is 5.97 Å². The highest BCUT2D eigenvalue weighted by Gasteiger charge is 2.11. The van der Waals surface area contributed by atoms with Crippen LogP contribution in [0.15, 0.2) is 52.2 Å². The van der Waals surface area contributed by atoms with Gasteiger partial charge in [-0.2, -0.15) is 14.9 Å². The molecule has 26 heavy (non-hydrogen) atoms. The Bertz CT molecular complexity index is 940. The summed E-state index contributed by atoms with van der Waals surface area (Å²) < 4.78 is 12.3. The molecule has 0 aliphatic heterocycles. The van der Waals surface area contributed by atoms with Crippen LogP contribution in [0.2, 0.25) is 0 Å². The van der Waals surface area contributed by atoms with Gasteiger partial charge in [0.15, 0.2) is 5.82 Å². The van der Waals surface area contributed by atoms with Crippen molar-refractivity contribution in [2.45, 2.75) is 26.2 Å². The number of aromatic nitrogens is 3. The number of rotatable bonds is 7. The van der Waals surface area contributed by atoms with E-state index in [0.717, 1.165) is 30.7 Å². The van der Waals surface area contributed by atoms with Crippen molar-refractivity contribution in [3.8, 4) is 5.75 Å². The summed E-state index contributed by atoms with van der Waals surface area (Å²) in [6, 6.07) is 10.1. The van der Waals surface area contributed by atoms with Gasteiger partial charge in [-0.05, 0) is 60.6 Å². The fourth-order valence-corrected chi connectivity index (χ4v) is 2.44. The van der Waals surface area contributed by atoms with Crippen LogP contribution in [0, 0.1) is 4.77 Å². The van der Waals surface area contributed by atoms with Gasteiger partial charge in [0.25, 0.3) is 0 Å². The summed E-state index contributed by atoms with van der Waals surface area (Å²) in [6.45, 7) is 2.12. The number of carbonyl (C=O) groups excluding carboxylic acids is 1. The van der Waals surface area contributed by atoms with Crippen LogP contribution in [-0.4, -0.2) is 27.1 Å². The summed E-state index contributed by atoms with van der Waals surface area (Å²) in [7, 11) is 0. The lowest BCUT2D eigenvalue weighted by Gasteiger charge is -2.03. The van der Waals surface area contributed by atoms with Gasteiger partial charge in [-0.1, -0.05) is 13.3 Å². The predicted molar refractivity (Wildman–Crippen MR) is 99.1 cm³/mol. The molecular weight excluding hydrogens is 352 g/mol. The second-order valence-electron chi connectivity index (χ2n) is 5.54. The molecule has 2 aromatic heterocycles. The number of aryl methyl sites for hydroxylation is 1. The SMILES string of the molecule is CCCCc1n[nH]c(=S)n1/N=C/c1ccc(OC(=O)c2ccco2)cc1. The zero-order chi connectivity index (χ0) is 18.4. The van der Waals surface area contributed by atoms with E-state index < -0.39 is 5.97 Å². The summed E-state index contributed by atoms with van der Waals surface area (Å²) in [4.78, 5) is 11.8. The maximum absolute atomic E-state index is 11.8. The normalized spacial score (nSPS) is 11.1. The molecule has 3 aromatic rings. The molecule has 134 valence electrons. The molecule has 2 heterocycles. The van der Waals surface area contributed by atoms with Gasteiger partial charge in [-0.25, -0.2) is 4.79 Å². The molecule has 1 N–H and O–H groups in total. The summed E-state index contributed by atoms with van der Waals surface area (Å²) in [5.74, 6) is 0.843. The average molecular weight is 370 g/mol. The molecule has 0 radical (unpaired) electrons. The van der Waals surface area contributed by atoms with Crippen molar-refractivity contribution in [1.82, 2.24) is 14.9 Å². The minimum Gasteiger partial charge on any atom is -0.457 e. The Hall–Kier alpha value is -3.00. The Morgan fingerprint density at radius 2 is 2.19 bits per heavy atom. The highest BCUT2D eigenvalue weighted by atomic mass is 32.1. The molecule has 3 rings (SSSR count). The van der Waals surface area contributed by atoms with Gasteiger partial charge in [0.05, 0.1) is 12.5 Å². The number of aromatic amines is 1. The molecule has 0 amide bonds. The number of nitrogens with one attached hydrogen (secondary N) is 1. The standard InChI is InChI=1S/C18H18N4O3S/c1-2-3-6-16-20-21-18(26)22(16)19-12-13-7-9-14(10-8-13)25-17(23)15-5-4-11-24-15/h4-5,7-12H,2-3,6H2,1H3,(H,21,26)/b19-12+. The third-order valence-electron chi connectivity index (χ3n) is 3.61. The molecule has 1 aromatic carbocycles. The molecule has 0 saturated carbocycles. The number of nitrogens with zero attached hydrogens (tertiary/aromatic N) is 3. The van der Waals surface area contributed by atoms with Crippen LogP contribution in [0.1, 0.15) is 41.7 Å². The first kappa shape index (κ1) is 17.8. The second-order valence-corrected chi connectivity index (χ2v) is 5.93. The molecule has 7 nitrogen and oxygen atoms in total. The van der Waals surface area contributed by atoms with Crippen LogP contribution in [-0.2, 0) is 6.42 Å². The number of ether oxygens (including phenoxy) is 1. The van der Waals surface area contributed by atoms with Crippen molar-refractivity contribution >= 4 is 24.4 Å². The number of benzene rings is 1. The molecule has 0 saturated heterocycles. The monoisotopic (exact) mass is 370 g/mol. The lowest BCUT2D eigenvalue weighted by Crippen LogP contribution is -2.07. The highest BCUT2D eigenvalue weighted by molar-refractivity contribution is 7.71. The Kier molecular flexibility index (Phi) is 5.75. The van der Waals surface area contributed by atoms with Gasteiger partial charge in [-0.3, -0.25) is 5.10 Å². The molecule has 0 unspecified atom stereocenters. The van der Waals surface area contributed by atoms with E-state index >= 15 is 0 Å². The van der Waals surface area contributed by atoms with Crippen molar-refractivity contribution in [2.75, 3.05) is 0 Å². The molecule has 0 atom stereocenters. The van der Waals surface area contributed by atoms with Crippen molar-refractivity contribution in [2.24, 2.45) is 5.10 Å². The van der Waals surface area contributed by atoms with Crippen LogP contribution < -0.4 is 4.74 Å². The average Bonchev–Trinajstić information content (AvgIpc) is 3.30. The van der Waals surface area contributed by atoms with E-state index in [9.17, 15) is 4.79 Å². The van der Waals surface area contributed by atoms with Gasteiger partial charge in [0, 0.05) is 6.42 Å². The summed E-state index contributed by atoms with van der Waals surface area (Å²) in [5, 5.41) is 11.4. The van der Waals surface area contributed by atoms with E-state index in [0.29, 0.717) is 10.5 Å². The molecule has 0 bridgehead atoms. The maximum atomic E-state index is 11.8. The smallest absolute Gasteiger partial charge is 0.379 e. The third-order valence-corrected chi connectivity index (χ3v) is 3.87. The number of esters is 1. The summed E-state index contributed by atoms with van der Waals surface area (Å²) in [6.07, 6.45) is 6.00. The zero-order valence-corrected chi connectivity index (χ0v) is 15.0. The quantitative estimate of drug-likeness (QED) is 0.294. The van der Waals surface area contributed by atoms with Crippen molar-refractivity contribution in [1.29, 1.82) is 0 Å². The number of furan rings is 1. The first-order chi connectivity index (χ1) is 12.7. The Morgan fingerprint density at radius 1 is 1.38 bits per heavy atom. The second kappa shape index (κ2) is 8.39. The highest BCUT2D eigenvalue weighted by Crippen LogP contribution is 2.14. The first-order valence-electron chi connectivity index (χ1n) is 8.23. The maximum Gasteiger partial charge on any atom is 0.379 e. The van der Waals surface area contributed by atoms with Crippen molar-refractivity contribution < 1.29 is 13.9 Å². The van der Waals surface area contributed by atoms with Crippen molar-refractivity contribution in [3.63, 3.8) is 0 Å². The van der Waals surface area contributed by atoms with Crippen LogP contribution >= 0.6 is 12.2 Å². The number of hydrogen-bond acceptors (Lipinski definition) is 6. The van der Waals surface area contributed by atoms with E-state index in [2.05, 4.69) is 22.2 Å². The van der Waals surface area contributed by atoms with E-state index in [4.69, 9.17) is 21.4 Å². The topological polar surface area (TPSA) is 85.4 Å². The van der Waals surface area contributed by atoms with Crippen LogP contribution in [0.4, 0.5) is 0 Å². The number of unbranched alkanes of at least 4 members (excludes halogenated alkanes) is 1. The predicted octanol–water partition coefficient (Wildman–Crippen LogP) is 3.98. The largest absolute Gasteiger partial charge is 0.457 e. The Balaban J connectivity index is 1.68. The fourth-order valence-electron chi connectivity index (χ4n) is 2.24. The molecule has 0 fully saturated rings. The minimum absolute atomic E-state index is 0.157. The number of carbonyl (C=O) groups is 1.